The van der Waals surface area contributed by atoms with Crippen LogP contribution in [-0.2, 0) is 4.74 Å². The maximum atomic E-state index is 9.29. The molecule has 0 bridgehead atoms. The molecule has 1 rings (SSSR count). The maximum absolute atomic E-state index is 9.29. The molecule has 0 saturated carbocycles. The van der Waals surface area contributed by atoms with Crippen molar-refractivity contribution in [1.29, 1.82) is 0 Å². The topological polar surface area (TPSA) is 32.8 Å². The zero-order chi connectivity index (χ0) is 6.41. The molecule has 0 aliphatic carbocycles. The number of hydrogen-bond acceptors (Lipinski definition) is 2. The standard InChI is InChI=1S/C6H12O2/c1-5(2,7)6(3)4-8-6/h7H,4H2,1-3H3. The van der Waals surface area contributed by atoms with E-state index in [2.05, 4.69) is 0 Å². The normalized spacial score (nSPS) is 37.5. The van der Waals surface area contributed by atoms with Crippen LogP contribution in [0.1, 0.15) is 20.8 Å². The van der Waals surface area contributed by atoms with Gasteiger partial charge in [0.1, 0.15) is 5.60 Å². The molecule has 48 valence electrons. The van der Waals surface area contributed by atoms with Gasteiger partial charge in [-0.05, 0) is 20.8 Å². The van der Waals surface area contributed by atoms with E-state index in [4.69, 9.17) is 4.74 Å². The molecule has 1 heterocycles. The van der Waals surface area contributed by atoms with Crippen molar-refractivity contribution in [3.63, 3.8) is 0 Å². The van der Waals surface area contributed by atoms with Crippen molar-refractivity contribution in [1.82, 2.24) is 0 Å². The zero-order valence-electron chi connectivity index (χ0n) is 5.56. The molecular formula is C6H12O2. The minimum absolute atomic E-state index is 0.257. The van der Waals surface area contributed by atoms with Gasteiger partial charge in [-0.1, -0.05) is 0 Å². The Kier molecular flexibility index (Phi) is 0.946. The van der Waals surface area contributed by atoms with Crippen LogP contribution in [-0.4, -0.2) is 22.9 Å². The van der Waals surface area contributed by atoms with E-state index in [-0.39, 0.29) is 5.60 Å². The first kappa shape index (κ1) is 6.05. The first-order valence-corrected chi connectivity index (χ1v) is 2.82. The summed E-state index contributed by atoms with van der Waals surface area (Å²) in [5, 5.41) is 9.29. The van der Waals surface area contributed by atoms with Gasteiger partial charge in [0.2, 0.25) is 0 Å². The van der Waals surface area contributed by atoms with E-state index in [1.165, 1.54) is 0 Å². The van der Waals surface area contributed by atoms with Crippen LogP contribution in [0.2, 0.25) is 0 Å². The summed E-state index contributed by atoms with van der Waals surface area (Å²) >= 11 is 0. The lowest BCUT2D eigenvalue weighted by molar-refractivity contribution is 0.00282. The lowest BCUT2D eigenvalue weighted by Gasteiger charge is -2.21. The Balaban J connectivity index is 2.58. The lowest BCUT2D eigenvalue weighted by atomic mass is 9.94. The monoisotopic (exact) mass is 116 g/mol. The molecule has 1 saturated heterocycles. The van der Waals surface area contributed by atoms with Gasteiger partial charge in [0.05, 0.1) is 12.2 Å². The number of ether oxygens (including phenoxy) is 1. The summed E-state index contributed by atoms with van der Waals surface area (Å²) < 4.78 is 5.01. The Labute approximate surface area is 49.5 Å². The van der Waals surface area contributed by atoms with Gasteiger partial charge < -0.3 is 9.84 Å². The highest BCUT2D eigenvalue weighted by Crippen LogP contribution is 2.36. The summed E-state index contributed by atoms with van der Waals surface area (Å²) in [6.45, 7) is 6.13. The van der Waals surface area contributed by atoms with Crippen LogP contribution in [0.25, 0.3) is 0 Å². The maximum Gasteiger partial charge on any atom is 0.117 e. The van der Waals surface area contributed by atoms with E-state index in [0.29, 0.717) is 6.61 Å². The highest BCUT2D eigenvalue weighted by molar-refractivity contribution is 5.00. The molecule has 1 aliphatic rings. The summed E-state index contributed by atoms with van der Waals surface area (Å²) in [5.74, 6) is 0. The van der Waals surface area contributed by atoms with Crippen molar-refractivity contribution in [2.75, 3.05) is 6.61 Å². The van der Waals surface area contributed by atoms with Crippen LogP contribution in [0.4, 0.5) is 0 Å². The molecule has 2 heteroatoms. The van der Waals surface area contributed by atoms with Crippen LogP contribution in [0.5, 0.6) is 0 Å². The fraction of sp³-hybridized carbons (Fsp3) is 1.00. The van der Waals surface area contributed by atoms with E-state index in [1.807, 2.05) is 6.92 Å². The molecular weight excluding hydrogens is 104 g/mol. The summed E-state index contributed by atoms with van der Waals surface area (Å²) in [7, 11) is 0. The van der Waals surface area contributed by atoms with E-state index in [0.717, 1.165) is 0 Å². The molecule has 1 fully saturated rings. The summed E-state index contributed by atoms with van der Waals surface area (Å²) in [4.78, 5) is 0. The molecule has 1 N–H and O–H groups in total. The van der Waals surface area contributed by atoms with Gasteiger partial charge in [-0.15, -0.1) is 0 Å². The third-order valence-corrected chi connectivity index (χ3v) is 1.87. The number of epoxide rings is 1. The number of aliphatic hydroxyl groups is 1. The summed E-state index contributed by atoms with van der Waals surface area (Å²) in [6, 6.07) is 0. The Morgan fingerprint density at radius 2 is 2.00 bits per heavy atom. The Morgan fingerprint density at radius 1 is 1.62 bits per heavy atom. The van der Waals surface area contributed by atoms with Gasteiger partial charge in [-0.3, -0.25) is 0 Å². The third kappa shape index (κ3) is 0.740. The molecule has 1 unspecified atom stereocenters. The van der Waals surface area contributed by atoms with Crippen LogP contribution in [0.15, 0.2) is 0 Å². The van der Waals surface area contributed by atoms with Gasteiger partial charge >= 0.3 is 0 Å². The molecule has 0 spiro atoms. The van der Waals surface area contributed by atoms with Crippen molar-refractivity contribution in [2.24, 2.45) is 0 Å². The second kappa shape index (κ2) is 1.25. The zero-order valence-corrected chi connectivity index (χ0v) is 5.56. The van der Waals surface area contributed by atoms with Crippen LogP contribution in [0, 0.1) is 0 Å². The largest absolute Gasteiger partial charge is 0.387 e. The fourth-order valence-corrected chi connectivity index (χ4v) is 0.461. The molecule has 8 heavy (non-hydrogen) atoms. The second-order valence-corrected chi connectivity index (χ2v) is 3.08. The quantitative estimate of drug-likeness (QED) is 0.507. The molecule has 0 aromatic carbocycles. The minimum atomic E-state index is -0.674. The number of hydrogen-bond donors (Lipinski definition) is 1. The fourth-order valence-electron chi connectivity index (χ4n) is 0.461. The van der Waals surface area contributed by atoms with Crippen LogP contribution < -0.4 is 0 Å². The molecule has 1 atom stereocenters. The third-order valence-electron chi connectivity index (χ3n) is 1.87. The predicted octanol–water partition coefficient (Wildman–Crippen LogP) is 0.546. The van der Waals surface area contributed by atoms with E-state index in [9.17, 15) is 5.11 Å². The minimum Gasteiger partial charge on any atom is -0.387 e. The first-order chi connectivity index (χ1) is 3.46. The van der Waals surface area contributed by atoms with Gasteiger partial charge in [-0.2, -0.15) is 0 Å². The predicted molar refractivity (Wildman–Crippen MR) is 30.7 cm³/mol. The van der Waals surface area contributed by atoms with Gasteiger partial charge in [0.25, 0.3) is 0 Å². The Bertz CT molecular complexity index is 94.3. The van der Waals surface area contributed by atoms with E-state index in [1.54, 1.807) is 13.8 Å². The number of rotatable bonds is 1. The first-order valence-electron chi connectivity index (χ1n) is 2.82. The average molecular weight is 116 g/mol. The average Bonchev–Trinajstić information content (AvgIpc) is 2.16. The molecule has 0 amide bonds. The van der Waals surface area contributed by atoms with Crippen LogP contribution >= 0.6 is 0 Å². The van der Waals surface area contributed by atoms with Crippen molar-refractivity contribution in [3.8, 4) is 0 Å². The van der Waals surface area contributed by atoms with Gasteiger partial charge in [0.15, 0.2) is 0 Å². The van der Waals surface area contributed by atoms with Gasteiger partial charge in [0, 0.05) is 0 Å². The van der Waals surface area contributed by atoms with Crippen molar-refractivity contribution in [2.45, 2.75) is 32.0 Å². The highest BCUT2D eigenvalue weighted by Gasteiger charge is 2.51. The summed E-state index contributed by atoms with van der Waals surface area (Å²) in [5.41, 5.74) is -0.931. The molecule has 1 aliphatic heterocycles. The smallest absolute Gasteiger partial charge is 0.117 e. The second-order valence-electron chi connectivity index (χ2n) is 3.08. The molecule has 0 aromatic heterocycles. The Morgan fingerprint density at radius 3 is 2.00 bits per heavy atom. The highest BCUT2D eigenvalue weighted by atomic mass is 16.6. The lowest BCUT2D eigenvalue weighted by Crippen LogP contribution is -2.36. The van der Waals surface area contributed by atoms with E-state index >= 15 is 0 Å². The molecule has 2 nitrogen and oxygen atoms in total. The van der Waals surface area contributed by atoms with Crippen molar-refractivity contribution >= 4 is 0 Å². The van der Waals surface area contributed by atoms with Gasteiger partial charge in [-0.25, -0.2) is 0 Å². The van der Waals surface area contributed by atoms with Crippen molar-refractivity contribution in [3.05, 3.63) is 0 Å². The van der Waals surface area contributed by atoms with Crippen molar-refractivity contribution < 1.29 is 9.84 Å². The molecule has 0 aromatic rings. The van der Waals surface area contributed by atoms with E-state index < -0.39 is 5.60 Å². The SMILES string of the molecule is CC(C)(O)C1(C)CO1. The Hall–Kier alpha value is -0.0800. The molecule has 0 radical (unpaired) electrons. The van der Waals surface area contributed by atoms with Crippen LogP contribution in [0.3, 0.4) is 0 Å². The summed E-state index contributed by atoms with van der Waals surface area (Å²) in [6.07, 6.45) is 0.